The fourth-order valence-electron chi connectivity index (χ4n) is 1.67. The quantitative estimate of drug-likeness (QED) is 0.529. The van der Waals surface area contributed by atoms with Gasteiger partial charge in [0.1, 0.15) is 0 Å². The minimum Gasteiger partial charge on any atom is -0.380 e. The summed E-state index contributed by atoms with van der Waals surface area (Å²) in [4.78, 5) is 0. The maximum atomic E-state index is 11.6. The van der Waals surface area contributed by atoms with Gasteiger partial charge in [0.05, 0.1) is 12.4 Å². The van der Waals surface area contributed by atoms with E-state index in [2.05, 4.69) is 23.9 Å². The zero-order valence-corrected chi connectivity index (χ0v) is 13.0. The van der Waals surface area contributed by atoms with Gasteiger partial charge >= 0.3 is 0 Å². The van der Waals surface area contributed by atoms with Crippen molar-refractivity contribution in [3.8, 4) is 0 Å². The first-order chi connectivity index (χ1) is 8.99. The second kappa shape index (κ2) is 8.89. The lowest BCUT2D eigenvalue weighted by molar-refractivity contribution is 0.114. The van der Waals surface area contributed by atoms with Gasteiger partial charge in [-0.3, -0.25) is 0 Å². The summed E-state index contributed by atoms with van der Waals surface area (Å²) in [6.07, 6.45) is 4.18. The van der Waals surface area contributed by atoms with Crippen molar-refractivity contribution in [3.63, 3.8) is 0 Å². The highest BCUT2D eigenvalue weighted by Gasteiger charge is 2.19. The maximum Gasteiger partial charge on any atom is 0.211 e. The average molecular weight is 292 g/mol. The number of rotatable bonds is 12. The molecule has 0 atom stereocenters. The highest BCUT2D eigenvalue weighted by atomic mass is 32.2. The van der Waals surface area contributed by atoms with E-state index in [9.17, 15) is 8.42 Å². The van der Waals surface area contributed by atoms with Crippen LogP contribution in [0.3, 0.4) is 0 Å². The van der Waals surface area contributed by atoms with Gasteiger partial charge in [-0.1, -0.05) is 13.8 Å². The molecule has 6 heteroatoms. The molecule has 0 aromatic rings. The Morgan fingerprint density at radius 1 is 1.21 bits per heavy atom. The number of ether oxygens (including phenoxy) is 1. The van der Waals surface area contributed by atoms with Crippen LogP contribution in [0, 0.1) is 5.92 Å². The molecular formula is C13H28N2O3S. The minimum atomic E-state index is -3.13. The minimum absolute atomic E-state index is 0.212. The smallest absolute Gasteiger partial charge is 0.211 e. The van der Waals surface area contributed by atoms with Crippen molar-refractivity contribution in [2.75, 3.05) is 32.1 Å². The largest absolute Gasteiger partial charge is 0.380 e. The van der Waals surface area contributed by atoms with Crippen molar-refractivity contribution < 1.29 is 13.2 Å². The average Bonchev–Trinajstić information content (AvgIpc) is 3.11. The van der Waals surface area contributed by atoms with Crippen LogP contribution in [0.1, 0.15) is 39.5 Å². The van der Waals surface area contributed by atoms with E-state index in [1.165, 1.54) is 12.8 Å². The number of sulfonamides is 1. The molecule has 0 amide bonds. The van der Waals surface area contributed by atoms with Crippen LogP contribution >= 0.6 is 0 Å². The van der Waals surface area contributed by atoms with Gasteiger partial charge in [-0.2, -0.15) is 0 Å². The van der Waals surface area contributed by atoms with Gasteiger partial charge in [-0.15, -0.1) is 0 Å². The van der Waals surface area contributed by atoms with Gasteiger partial charge in [0.15, 0.2) is 0 Å². The van der Waals surface area contributed by atoms with Crippen LogP contribution in [0.5, 0.6) is 0 Å². The van der Waals surface area contributed by atoms with Crippen LogP contribution in [0.25, 0.3) is 0 Å². The third kappa shape index (κ3) is 10.3. The fourth-order valence-corrected chi connectivity index (χ4v) is 2.79. The Bertz CT molecular complexity index is 309. The molecule has 0 heterocycles. The molecule has 0 aromatic heterocycles. The summed E-state index contributed by atoms with van der Waals surface area (Å²) >= 11 is 0. The second-order valence-electron chi connectivity index (χ2n) is 5.62. The predicted molar refractivity (Wildman–Crippen MR) is 77.7 cm³/mol. The lowest BCUT2D eigenvalue weighted by Gasteiger charge is -2.09. The van der Waals surface area contributed by atoms with Crippen molar-refractivity contribution >= 4 is 10.0 Å². The van der Waals surface area contributed by atoms with E-state index in [0.717, 1.165) is 13.0 Å². The predicted octanol–water partition coefficient (Wildman–Crippen LogP) is 1.11. The molecular weight excluding hydrogens is 264 g/mol. The molecule has 2 N–H and O–H groups in total. The molecule has 0 spiro atoms. The fraction of sp³-hybridized carbons (Fsp3) is 1.00. The standard InChI is InChI=1S/C13H28N2O3S/c1-12(2)11-18-9-8-15-19(16,17)10-4-3-7-14-13-5-6-13/h12-15H,3-11H2,1-2H3. The van der Waals surface area contributed by atoms with E-state index in [4.69, 9.17) is 4.74 Å². The monoisotopic (exact) mass is 292 g/mol. The Kier molecular flexibility index (Phi) is 7.90. The van der Waals surface area contributed by atoms with E-state index < -0.39 is 10.0 Å². The van der Waals surface area contributed by atoms with Crippen LogP contribution in [0.15, 0.2) is 0 Å². The van der Waals surface area contributed by atoms with Crippen molar-refractivity contribution in [2.45, 2.75) is 45.6 Å². The zero-order valence-electron chi connectivity index (χ0n) is 12.2. The van der Waals surface area contributed by atoms with E-state index in [-0.39, 0.29) is 5.75 Å². The molecule has 0 bridgehead atoms. The van der Waals surface area contributed by atoms with Gasteiger partial charge in [-0.25, -0.2) is 13.1 Å². The molecule has 0 aliphatic heterocycles. The summed E-state index contributed by atoms with van der Waals surface area (Å²) in [7, 11) is -3.13. The first-order valence-electron chi connectivity index (χ1n) is 7.28. The molecule has 19 heavy (non-hydrogen) atoms. The topological polar surface area (TPSA) is 67.4 Å². The van der Waals surface area contributed by atoms with E-state index in [1.807, 2.05) is 0 Å². The Morgan fingerprint density at radius 3 is 2.58 bits per heavy atom. The first kappa shape index (κ1) is 16.9. The molecule has 1 saturated carbocycles. The van der Waals surface area contributed by atoms with Gasteiger partial charge in [0, 0.05) is 19.2 Å². The second-order valence-corrected chi connectivity index (χ2v) is 7.54. The SMILES string of the molecule is CC(C)COCCNS(=O)(=O)CCCCNC1CC1. The van der Waals surface area contributed by atoms with Crippen LogP contribution in [-0.2, 0) is 14.8 Å². The van der Waals surface area contributed by atoms with E-state index in [1.54, 1.807) is 0 Å². The van der Waals surface area contributed by atoms with Gasteiger partial charge in [-0.05, 0) is 38.1 Å². The molecule has 1 fully saturated rings. The molecule has 1 aliphatic rings. The number of nitrogens with one attached hydrogen (secondary N) is 2. The van der Waals surface area contributed by atoms with Gasteiger partial charge in [0.25, 0.3) is 0 Å². The Labute approximate surface area is 117 Å². The number of unbranched alkanes of at least 4 members (excludes halogenated alkanes) is 1. The third-order valence-corrected chi connectivity index (χ3v) is 4.34. The molecule has 0 radical (unpaired) electrons. The summed E-state index contributed by atoms with van der Waals surface area (Å²) < 4.78 is 31.2. The summed E-state index contributed by atoms with van der Waals surface area (Å²) in [5.41, 5.74) is 0. The molecule has 1 rings (SSSR count). The number of hydrogen-bond donors (Lipinski definition) is 2. The molecule has 0 saturated heterocycles. The van der Waals surface area contributed by atoms with Crippen molar-refractivity contribution in [1.29, 1.82) is 0 Å². The maximum absolute atomic E-state index is 11.6. The molecule has 0 aromatic carbocycles. The highest BCUT2D eigenvalue weighted by Crippen LogP contribution is 2.18. The molecule has 0 unspecified atom stereocenters. The third-order valence-electron chi connectivity index (χ3n) is 2.87. The molecule has 5 nitrogen and oxygen atoms in total. The van der Waals surface area contributed by atoms with Gasteiger partial charge in [0.2, 0.25) is 10.0 Å². The van der Waals surface area contributed by atoms with Gasteiger partial charge < -0.3 is 10.1 Å². The van der Waals surface area contributed by atoms with E-state index >= 15 is 0 Å². The van der Waals surface area contributed by atoms with E-state index in [0.29, 0.717) is 38.1 Å². The molecule has 1 aliphatic carbocycles. The van der Waals surface area contributed by atoms with Crippen LogP contribution in [0.4, 0.5) is 0 Å². The van der Waals surface area contributed by atoms with Crippen molar-refractivity contribution in [3.05, 3.63) is 0 Å². The van der Waals surface area contributed by atoms with Crippen LogP contribution in [0.2, 0.25) is 0 Å². The summed E-state index contributed by atoms with van der Waals surface area (Å²) in [6, 6.07) is 0.702. The lowest BCUT2D eigenvalue weighted by atomic mass is 10.2. The summed E-state index contributed by atoms with van der Waals surface area (Å²) in [5.74, 6) is 0.694. The summed E-state index contributed by atoms with van der Waals surface area (Å²) in [5, 5.41) is 3.38. The Hall–Kier alpha value is -0.170. The summed E-state index contributed by atoms with van der Waals surface area (Å²) in [6.45, 7) is 6.56. The first-order valence-corrected chi connectivity index (χ1v) is 8.93. The molecule has 114 valence electrons. The van der Waals surface area contributed by atoms with Crippen LogP contribution in [-0.4, -0.2) is 46.5 Å². The number of hydrogen-bond acceptors (Lipinski definition) is 4. The lowest BCUT2D eigenvalue weighted by Crippen LogP contribution is -2.30. The highest BCUT2D eigenvalue weighted by molar-refractivity contribution is 7.89. The zero-order chi connectivity index (χ0) is 14.1. The van der Waals surface area contributed by atoms with Crippen molar-refractivity contribution in [2.24, 2.45) is 5.92 Å². The Balaban J connectivity index is 1.93. The van der Waals surface area contributed by atoms with Crippen LogP contribution < -0.4 is 10.0 Å². The Morgan fingerprint density at radius 2 is 1.95 bits per heavy atom. The normalized spacial score (nSPS) is 16.2. The van der Waals surface area contributed by atoms with Crippen molar-refractivity contribution in [1.82, 2.24) is 10.0 Å².